The Bertz CT molecular complexity index is 1290. The van der Waals surface area contributed by atoms with E-state index in [1.54, 1.807) is 31.1 Å². The Hall–Kier alpha value is -3.81. The third kappa shape index (κ3) is 2.94. The molecule has 2 N–H and O–H groups in total. The second kappa shape index (κ2) is 7.40. The van der Waals surface area contributed by atoms with E-state index < -0.39 is 11.5 Å². The van der Waals surface area contributed by atoms with Crippen LogP contribution >= 0.6 is 0 Å². The van der Waals surface area contributed by atoms with E-state index in [4.69, 9.17) is 0 Å². The SMILES string of the molecule is Cc1nc(C)c(CC(=O)N2CCC3(C(=O)Nc4ccccc43)C2c2cccnc2)c(=O)[nH]1. The normalized spacial score (nSPS) is 21.6. The van der Waals surface area contributed by atoms with Gasteiger partial charge in [-0.1, -0.05) is 24.3 Å². The van der Waals surface area contributed by atoms with Crippen LogP contribution < -0.4 is 10.9 Å². The first-order valence-corrected chi connectivity index (χ1v) is 10.6. The molecule has 3 aromatic rings. The minimum absolute atomic E-state index is 0.0788. The predicted molar refractivity (Wildman–Crippen MR) is 118 cm³/mol. The maximum Gasteiger partial charge on any atom is 0.254 e. The molecule has 5 rings (SSSR count). The van der Waals surface area contributed by atoms with Crippen LogP contribution in [-0.2, 0) is 21.4 Å². The van der Waals surface area contributed by atoms with Crippen LogP contribution in [0.1, 0.15) is 40.7 Å². The summed E-state index contributed by atoms with van der Waals surface area (Å²) in [6, 6.07) is 10.8. The summed E-state index contributed by atoms with van der Waals surface area (Å²) in [5, 5.41) is 3.00. The third-order valence-electron chi connectivity index (χ3n) is 6.58. The molecule has 8 heteroatoms. The molecule has 2 aromatic heterocycles. The number of para-hydroxylation sites is 1. The van der Waals surface area contributed by atoms with Crippen LogP contribution in [-0.4, -0.2) is 38.2 Å². The number of hydrogen-bond donors (Lipinski definition) is 2. The van der Waals surface area contributed by atoms with Crippen LogP contribution in [0.5, 0.6) is 0 Å². The zero-order valence-electron chi connectivity index (χ0n) is 17.9. The van der Waals surface area contributed by atoms with Crippen molar-refractivity contribution in [3.63, 3.8) is 0 Å². The van der Waals surface area contributed by atoms with Gasteiger partial charge in [0.05, 0.1) is 12.5 Å². The van der Waals surface area contributed by atoms with Gasteiger partial charge in [0.1, 0.15) is 11.2 Å². The maximum atomic E-state index is 13.5. The number of aryl methyl sites for hydroxylation is 2. The van der Waals surface area contributed by atoms with Crippen molar-refractivity contribution in [2.75, 3.05) is 11.9 Å². The van der Waals surface area contributed by atoms with E-state index >= 15 is 0 Å². The number of anilines is 1. The molecule has 0 bridgehead atoms. The molecule has 1 aromatic carbocycles. The number of amides is 2. The highest BCUT2D eigenvalue weighted by Crippen LogP contribution is 2.54. The van der Waals surface area contributed by atoms with Gasteiger partial charge in [-0.05, 0) is 43.5 Å². The third-order valence-corrected chi connectivity index (χ3v) is 6.58. The van der Waals surface area contributed by atoms with Crippen molar-refractivity contribution in [3.8, 4) is 0 Å². The summed E-state index contributed by atoms with van der Waals surface area (Å²) >= 11 is 0. The number of benzene rings is 1. The maximum absolute atomic E-state index is 13.5. The number of fused-ring (bicyclic) bond motifs is 2. The number of likely N-dealkylation sites (tertiary alicyclic amines) is 1. The number of pyridine rings is 1. The van der Waals surface area contributed by atoms with E-state index in [2.05, 4.69) is 20.3 Å². The summed E-state index contributed by atoms with van der Waals surface area (Å²) in [5.41, 5.74) is 2.13. The topological polar surface area (TPSA) is 108 Å². The molecule has 2 aliphatic rings. The molecule has 1 spiro atoms. The summed E-state index contributed by atoms with van der Waals surface area (Å²) in [6.07, 6.45) is 3.78. The van der Waals surface area contributed by atoms with Gasteiger partial charge in [-0.2, -0.15) is 0 Å². The number of hydrogen-bond acceptors (Lipinski definition) is 5. The van der Waals surface area contributed by atoms with Gasteiger partial charge in [0.2, 0.25) is 11.8 Å². The van der Waals surface area contributed by atoms with Gasteiger partial charge in [0.15, 0.2) is 0 Å². The molecule has 0 aliphatic carbocycles. The van der Waals surface area contributed by atoms with Crippen LogP contribution in [0.2, 0.25) is 0 Å². The first-order chi connectivity index (χ1) is 15.4. The van der Waals surface area contributed by atoms with Crippen molar-refractivity contribution in [2.24, 2.45) is 0 Å². The van der Waals surface area contributed by atoms with E-state index in [0.717, 1.165) is 16.8 Å². The molecule has 32 heavy (non-hydrogen) atoms. The Morgan fingerprint density at radius 2 is 2.00 bits per heavy atom. The molecule has 1 saturated heterocycles. The Kier molecular flexibility index (Phi) is 4.65. The van der Waals surface area contributed by atoms with Gasteiger partial charge in [-0.3, -0.25) is 19.4 Å². The summed E-state index contributed by atoms with van der Waals surface area (Å²) in [5.74, 6) is 0.178. The van der Waals surface area contributed by atoms with Crippen molar-refractivity contribution in [1.82, 2.24) is 19.9 Å². The number of carbonyl (C=O) groups is 2. The number of rotatable bonds is 3. The first kappa shape index (κ1) is 20.1. The van der Waals surface area contributed by atoms with E-state index in [1.165, 1.54) is 0 Å². The van der Waals surface area contributed by atoms with Gasteiger partial charge in [-0.15, -0.1) is 0 Å². The molecule has 4 heterocycles. The number of aromatic amines is 1. The average Bonchev–Trinajstić information content (AvgIpc) is 3.31. The number of nitrogens with zero attached hydrogens (tertiary/aromatic N) is 3. The zero-order valence-corrected chi connectivity index (χ0v) is 17.9. The van der Waals surface area contributed by atoms with Crippen LogP contribution in [0.15, 0.2) is 53.6 Å². The fourth-order valence-corrected chi connectivity index (χ4v) is 5.17. The van der Waals surface area contributed by atoms with Crippen molar-refractivity contribution >= 4 is 17.5 Å². The Labute approximate surface area is 184 Å². The second-order valence-electron chi connectivity index (χ2n) is 8.39. The largest absolute Gasteiger partial charge is 0.334 e. The smallest absolute Gasteiger partial charge is 0.254 e. The van der Waals surface area contributed by atoms with Crippen molar-refractivity contribution in [1.29, 1.82) is 0 Å². The van der Waals surface area contributed by atoms with E-state index in [-0.39, 0.29) is 23.8 Å². The summed E-state index contributed by atoms with van der Waals surface area (Å²) in [7, 11) is 0. The fraction of sp³-hybridized carbons (Fsp3) is 0.292. The molecule has 2 unspecified atom stereocenters. The van der Waals surface area contributed by atoms with Crippen molar-refractivity contribution in [3.05, 3.63) is 87.4 Å². The predicted octanol–water partition coefficient (Wildman–Crippen LogP) is 2.19. The molecule has 8 nitrogen and oxygen atoms in total. The molecular weight excluding hydrogens is 406 g/mol. The quantitative estimate of drug-likeness (QED) is 0.664. The number of H-pyrrole nitrogens is 1. The van der Waals surface area contributed by atoms with E-state index in [1.807, 2.05) is 36.4 Å². The zero-order chi connectivity index (χ0) is 22.5. The summed E-state index contributed by atoms with van der Waals surface area (Å²) < 4.78 is 0. The molecule has 2 atom stereocenters. The fourth-order valence-electron chi connectivity index (χ4n) is 5.17. The molecular formula is C24H23N5O3. The lowest BCUT2D eigenvalue weighted by Crippen LogP contribution is -2.43. The minimum Gasteiger partial charge on any atom is -0.334 e. The monoisotopic (exact) mass is 429 g/mol. The lowest BCUT2D eigenvalue weighted by molar-refractivity contribution is -0.132. The number of aromatic nitrogens is 3. The Balaban J connectivity index is 1.59. The van der Waals surface area contributed by atoms with Gasteiger partial charge >= 0.3 is 0 Å². The Morgan fingerprint density at radius 3 is 2.75 bits per heavy atom. The van der Waals surface area contributed by atoms with Crippen LogP contribution in [0.25, 0.3) is 0 Å². The first-order valence-electron chi connectivity index (χ1n) is 10.6. The lowest BCUT2D eigenvalue weighted by atomic mass is 9.73. The molecule has 2 aliphatic heterocycles. The average molecular weight is 429 g/mol. The van der Waals surface area contributed by atoms with Gasteiger partial charge in [-0.25, -0.2) is 4.98 Å². The van der Waals surface area contributed by atoms with Crippen LogP contribution in [0.3, 0.4) is 0 Å². The van der Waals surface area contributed by atoms with E-state index in [9.17, 15) is 14.4 Å². The standard InChI is InChI=1S/C24H23N5O3/c1-14-17(22(31)27-15(2)26-14)12-20(30)29-11-9-24(21(29)16-6-5-10-25-13-16)18-7-3-4-8-19(18)28-23(24)32/h3-8,10,13,21H,9,11-12H2,1-2H3,(H,28,32)(H,26,27,31). The second-order valence-corrected chi connectivity index (χ2v) is 8.39. The van der Waals surface area contributed by atoms with Crippen molar-refractivity contribution < 1.29 is 9.59 Å². The molecule has 1 fully saturated rings. The highest BCUT2D eigenvalue weighted by Gasteiger charge is 2.59. The van der Waals surface area contributed by atoms with Crippen molar-refractivity contribution in [2.45, 2.75) is 38.1 Å². The summed E-state index contributed by atoms with van der Waals surface area (Å²) in [6.45, 7) is 3.84. The van der Waals surface area contributed by atoms with Gasteiger partial charge < -0.3 is 15.2 Å². The summed E-state index contributed by atoms with van der Waals surface area (Å²) in [4.78, 5) is 52.3. The van der Waals surface area contributed by atoms with E-state index in [0.29, 0.717) is 30.0 Å². The minimum atomic E-state index is -0.901. The van der Waals surface area contributed by atoms with Crippen LogP contribution in [0.4, 0.5) is 5.69 Å². The Morgan fingerprint density at radius 1 is 1.19 bits per heavy atom. The number of carbonyl (C=O) groups excluding carboxylic acids is 2. The van der Waals surface area contributed by atoms with Gasteiger partial charge in [0, 0.05) is 35.9 Å². The molecule has 0 saturated carbocycles. The lowest BCUT2D eigenvalue weighted by Gasteiger charge is -2.34. The highest BCUT2D eigenvalue weighted by molar-refractivity contribution is 6.07. The van der Waals surface area contributed by atoms with Gasteiger partial charge in [0.25, 0.3) is 5.56 Å². The molecule has 162 valence electrons. The highest BCUT2D eigenvalue weighted by atomic mass is 16.2. The number of nitrogens with one attached hydrogen (secondary N) is 2. The molecule has 2 amide bonds. The van der Waals surface area contributed by atoms with Crippen LogP contribution in [0, 0.1) is 13.8 Å². The molecule has 0 radical (unpaired) electrons.